The zero-order chi connectivity index (χ0) is 26.1. The van der Waals surface area contributed by atoms with Gasteiger partial charge in [0.1, 0.15) is 17.3 Å². The van der Waals surface area contributed by atoms with E-state index in [1.165, 1.54) is 6.07 Å². The van der Waals surface area contributed by atoms with Crippen molar-refractivity contribution in [3.8, 4) is 0 Å². The van der Waals surface area contributed by atoms with Gasteiger partial charge in [0.2, 0.25) is 0 Å². The minimum atomic E-state index is -0.862. The molecule has 0 saturated heterocycles. The minimum absolute atomic E-state index is 0.0266. The first-order valence-corrected chi connectivity index (χ1v) is 12.5. The van der Waals surface area contributed by atoms with Gasteiger partial charge >= 0.3 is 0 Å². The molecule has 1 amide bonds. The summed E-state index contributed by atoms with van der Waals surface area (Å²) in [5, 5.41) is 5.73. The molecule has 0 saturated carbocycles. The maximum absolute atomic E-state index is 14.4. The Hall–Kier alpha value is -4.06. The molecule has 2 atom stereocenters. The van der Waals surface area contributed by atoms with Crippen LogP contribution in [0.25, 0.3) is 0 Å². The Morgan fingerprint density at radius 1 is 0.919 bits per heavy atom. The number of hydrogen-bond acceptors (Lipinski definition) is 3. The number of hydrogen-bond donors (Lipinski definition) is 2. The molecule has 3 aromatic rings. The number of aryl methyl sites for hydroxylation is 1. The molecular weight excluding hydrogens is 470 g/mol. The third-order valence-corrected chi connectivity index (χ3v) is 7.27. The zero-order valence-electron chi connectivity index (χ0n) is 20.8. The molecule has 2 unspecified atom stereocenters. The number of carbonyl (C=O) groups excluding carboxylic acids is 2. The number of amides is 1. The van der Waals surface area contributed by atoms with Crippen molar-refractivity contribution >= 4 is 17.4 Å². The number of carbonyl (C=O) groups is 2. The summed E-state index contributed by atoms with van der Waals surface area (Å²) in [4.78, 5) is 27.3. The molecule has 1 heterocycles. The van der Waals surface area contributed by atoms with Gasteiger partial charge in [-0.05, 0) is 54.5 Å². The van der Waals surface area contributed by atoms with Crippen LogP contribution in [0.4, 0.5) is 14.5 Å². The van der Waals surface area contributed by atoms with Crippen molar-refractivity contribution in [2.75, 3.05) is 5.32 Å². The molecule has 37 heavy (non-hydrogen) atoms. The van der Waals surface area contributed by atoms with Crippen LogP contribution in [-0.2, 0) is 16.0 Å². The second-order valence-corrected chi connectivity index (χ2v) is 9.57. The highest BCUT2D eigenvalue weighted by atomic mass is 19.1. The van der Waals surface area contributed by atoms with Gasteiger partial charge in [-0.3, -0.25) is 9.59 Å². The summed E-state index contributed by atoms with van der Waals surface area (Å²) in [7, 11) is 0. The predicted molar refractivity (Wildman–Crippen MR) is 140 cm³/mol. The van der Waals surface area contributed by atoms with E-state index < -0.39 is 29.1 Å². The van der Waals surface area contributed by atoms with Gasteiger partial charge in [-0.25, -0.2) is 8.78 Å². The number of anilines is 1. The van der Waals surface area contributed by atoms with Crippen LogP contribution >= 0.6 is 0 Å². The molecule has 1 aliphatic heterocycles. The molecule has 0 bridgehead atoms. The molecule has 4 nitrogen and oxygen atoms in total. The van der Waals surface area contributed by atoms with Crippen LogP contribution in [0.15, 0.2) is 95.3 Å². The Morgan fingerprint density at radius 2 is 1.59 bits per heavy atom. The van der Waals surface area contributed by atoms with Gasteiger partial charge in [0.05, 0.1) is 0 Å². The molecule has 6 heteroatoms. The van der Waals surface area contributed by atoms with Gasteiger partial charge < -0.3 is 10.6 Å². The maximum Gasteiger partial charge on any atom is 0.254 e. The number of para-hydroxylation sites is 1. The molecular formula is C31H28F2N2O2. The molecule has 0 radical (unpaired) electrons. The Kier molecular flexibility index (Phi) is 6.74. The lowest BCUT2D eigenvalue weighted by atomic mass is 9.71. The summed E-state index contributed by atoms with van der Waals surface area (Å²) in [6.45, 7) is 3.82. The lowest BCUT2D eigenvalue weighted by Gasteiger charge is -2.37. The topological polar surface area (TPSA) is 58.2 Å². The molecule has 0 aromatic heterocycles. The lowest BCUT2D eigenvalue weighted by Crippen LogP contribution is -2.37. The smallest absolute Gasteiger partial charge is 0.254 e. The molecule has 0 fully saturated rings. The number of benzene rings is 3. The Balaban J connectivity index is 1.58. The summed E-state index contributed by atoms with van der Waals surface area (Å²) in [6.07, 6.45) is 1.81. The number of halogens is 2. The molecule has 0 spiro atoms. The average molecular weight is 499 g/mol. The van der Waals surface area contributed by atoms with Crippen molar-refractivity contribution in [1.82, 2.24) is 5.32 Å². The van der Waals surface area contributed by atoms with E-state index in [1.54, 1.807) is 6.92 Å². The predicted octanol–water partition coefficient (Wildman–Crippen LogP) is 6.53. The van der Waals surface area contributed by atoms with Gasteiger partial charge in [-0.1, -0.05) is 67.6 Å². The van der Waals surface area contributed by atoms with E-state index in [9.17, 15) is 18.4 Å². The Morgan fingerprint density at radius 3 is 2.24 bits per heavy atom. The summed E-state index contributed by atoms with van der Waals surface area (Å²) in [6, 6.07) is 21.2. The lowest BCUT2D eigenvalue weighted by molar-refractivity contribution is -0.116. The molecule has 2 aliphatic rings. The maximum atomic E-state index is 14.4. The fourth-order valence-corrected chi connectivity index (χ4v) is 5.38. The standard InChI is InChI=1S/C31H28F2N2O2/c1-3-19-12-14-21(15-13-19)28-27(31(37)35-30-23(32)10-7-11-24(30)33)18(2)34-25-16-22(17-26(36)29(25)28)20-8-5-4-6-9-20/h4-15,22,28,34H,3,16-17H2,1-2H3,(H,35,37). The number of allylic oxidation sites excluding steroid dienone is 3. The van der Waals surface area contributed by atoms with E-state index in [1.807, 2.05) is 54.6 Å². The van der Waals surface area contributed by atoms with E-state index in [-0.39, 0.29) is 17.3 Å². The van der Waals surface area contributed by atoms with Crippen LogP contribution < -0.4 is 10.6 Å². The number of Topliss-reactive ketones (excluding diaryl/α,β-unsaturated/α-hetero) is 1. The fourth-order valence-electron chi connectivity index (χ4n) is 5.38. The summed E-state index contributed by atoms with van der Waals surface area (Å²) >= 11 is 0. The van der Waals surface area contributed by atoms with Gasteiger partial charge in [-0.2, -0.15) is 0 Å². The molecule has 2 N–H and O–H groups in total. The van der Waals surface area contributed by atoms with Crippen LogP contribution in [-0.4, -0.2) is 11.7 Å². The Labute approximate surface area is 215 Å². The summed E-state index contributed by atoms with van der Waals surface area (Å²) < 4.78 is 28.7. The molecule has 5 rings (SSSR count). The number of rotatable bonds is 5. The second-order valence-electron chi connectivity index (χ2n) is 9.57. The van der Waals surface area contributed by atoms with Crippen molar-refractivity contribution < 1.29 is 18.4 Å². The molecule has 188 valence electrons. The van der Waals surface area contributed by atoms with Crippen molar-refractivity contribution in [2.45, 2.75) is 44.9 Å². The SMILES string of the molecule is CCc1ccc(C2C(C(=O)Nc3c(F)cccc3F)=C(C)NC3=C2C(=O)CC(c2ccccc2)C3)cc1. The first-order valence-electron chi connectivity index (χ1n) is 12.5. The summed E-state index contributed by atoms with van der Waals surface area (Å²) in [5.41, 5.74) is 4.67. The van der Waals surface area contributed by atoms with Crippen LogP contribution in [0.2, 0.25) is 0 Å². The van der Waals surface area contributed by atoms with E-state index in [0.29, 0.717) is 24.1 Å². The number of dihydropyridines is 1. The first-order chi connectivity index (χ1) is 17.9. The van der Waals surface area contributed by atoms with Crippen LogP contribution in [0.1, 0.15) is 55.2 Å². The third kappa shape index (κ3) is 4.71. The quantitative estimate of drug-likeness (QED) is 0.421. The van der Waals surface area contributed by atoms with Gasteiger partial charge in [0.15, 0.2) is 5.78 Å². The van der Waals surface area contributed by atoms with E-state index in [0.717, 1.165) is 40.9 Å². The molecule has 3 aromatic carbocycles. The number of nitrogens with one attached hydrogen (secondary N) is 2. The van der Waals surface area contributed by atoms with Gasteiger partial charge in [0, 0.05) is 34.9 Å². The highest BCUT2D eigenvalue weighted by Gasteiger charge is 2.41. The van der Waals surface area contributed by atoms with Crippen LogP contribution in [0.3, 0.4) is 0 Å². The van der Waals surface area contributed by atoms with Crippen molar-refractivity contribution in [3.63, 3.8) is 0 Å². The van der Waals surface area contributed by atoms with E-state index >= 15 is 0 Å². The van der Waals surface area contributed by atoms with Crippen molar-refractivity contribution in [2.24, 2.45) is 0 Å². The normalized spacial score (nSPS) is 19.4. The third-order valence-electron chi connectivity index (χ3n) is 7.27. The van der Waals surface area contributed by atoms with Crippen molar-refractivity contribution in [1.29, 1.82) is 0 Å². The Bertz CT molecular complexity index is 1410. The minimum Gasteiger partial charge on any atom is -0.362 e. The van der Waals surface area contributed by atoms with Gasteiger partial charge in [0.25, 0.3) is 5.91 Å². The first kappa shape index (κ1) is 24.6. The van der Waals surface area contributed by atoms with E-state index in [2.05, 4.69) is 17.6 Å². The highest BCUT2D eigenvalue weighted by molar-refractivity contribution is 6.10. The summed E-state index contributed by atoms with van der Waals surface area (Å²) in [5.74, 6) is -3.04. The van der Waals surface area contributed by atoms with Gasteiger partial charge in [-0.15, -0.1) is 0 Å². The van der Waals surface area contributed by atoms with E-state index in [4.69, 9.17) is 0 Å². The molecule has 1 aliphatic carbocycles. The monoisotopic (exact) mass is 498 g/mol. The highest BCUT2D eigenvalue weighted by Crippen LogP contribution is 2.45. The second kappa shape index (κ2) is 10.1. The average Bonchev–Trinajstić information content (AvgIpc) is 2.90. The van der Waals surface area contributed by atoms with Crippen LogP contribution in [0.5, 0.6) is 0 Å². The van der Waals surface area contributed by atoms with Crippen LogP contribution in [0, 0.1) is 11.6 Å². The largest absolute Gasteiger partial charge is 0.362 e. The zero-order valence-corrected chi connectivity index (χ0v) is 20.8. The fraction of sp³-hybridized carbons (Fsp3) is 0.226. The number of ketones is 1. The van der Waals surface area contributed by atoms with Crippen molar-refractivity contribution in [3.05, 3.63) is 124 Å².